The predicted octanol–water partition coefficient (Wildman–Crippen LogP) is 7.27. The molecule has 1 aromatic heterocycles. The van der Waals surface area contributed by atoms with Crippen LogP contribution in [-0.2, 0) is 6.42 Å². The van der Waals surface area contributed by atoms with Crippen LogP contribution in [0.2, 0.25) is 13.1 Å². The number of pyridine rings is 1. The summed E-state index contributed by atoms with van der Waals surface area (Å²) in [5, 5.41) is 3.91. The zero-order valence-electron chi connectivity index (χ0n) is 19.9. The Balaban J connectivity index is 1.68. The average molecular weight is 438 g/mol. The van der Waals surface area contributed by atoms with Gasteiger partial charge in [-0.15, -0.1) is 0 Å². The Labute approximate surface area is 192 Å². The lowest BCUT2D eigenvalue weighted by Gasteiger charge is -2.35. The lowest BCUT2D eigenvalue weighted by atomic mass is 9.87. The Morgan fingerprint density at radius 1 is 0.906 bits per heavy atom. The molecule has 0 spiro atoms. The number of benzene rings is 3. The molecule has 0 unspecified atom stereocenters. The summed E-state index contributed by atoms with van der Waals surface area (Å²) in [6.45, 7) is 13.7. The maximum atomic E-state index is 6.84. The van der Waals surface area contributed by atoms with Crippen molar-refractivity contribution in [2.24, 2.45) is 5.41 Å². The number of hydrogen-bond acceptors (Lipinski definition) is 2. The van der Waals surface area contributed by atoms with E-state index in [1.807, 2.05) is 6.20 Å². The van der Waals surface area contributed by atoms with Gasteiger partial charge in [0.1, 0.15) is 11.4 Å². The molecule has 0 atom stereocenters. The molecule has 0 radical (unpaired) electrons. The molecule has 0 bridgehead atoms. The molecule has 0 amide bonds. The van der Waals surface area contributed by atoms with Gasteiger partial charge < -0.3 is 4.43 Å². The van der Waals surface area contributed by atoms with Crippen molar-refractivity contribution in [3.8, 4) is 28.1 Å². The number of aryl methyl sites for hydroxylation is 1. The van der Waals surface area contributed by atoms with E-state index in [4.69, 9.17) is 9.41 Å². The van der Waals surface area contributed by atoms with Gasteiger partial charge in [-0.25, -0.2) is 0 Å². The van der Waals surface area contributed by atoms with Crippen LogP contribution in [0.1, 0.15) is 31.9 Å². The first-order valence-electron chi connectivity index (χ1n) is 11.4. The van der Waals surface area contributed by atoms with Crippen molar-refractivity contribution in [3.05, 3.63) is 78.0 Å². The molecular formula is C29H31NOSi. The van der Waals surface area contributed by atoms with E-state index in [9.17, 15) is 0 Å². The largest absolute Gasteiger partial charge is 0.538 e. The van der Waals surface area contributed by atoms with Gasteiger partial charge >= 0.3 is 0 Å². The molecule has 0 saturated carbocycles. The standard InChI is InChI=1S/C29H31NOSi/c1-19-15-22(17-21-9-7-8-10-23(19)21)27-28-25(13-14-30-27)24-12-11-20(18-29(2,3)4)16-26(24)32(5,6)31-28/h7-17H,18H2,1-6H3. The lowest BCUT2D eigenvalue weighted by Crippen LogP contribution is -2.51. The summed E-state index contributed by atoms with van der Waals surface area (Å²) in [6, 6.07) is 22.1. The third-order valence-electron chi connectivity index (χ3n) is 6.36. The van der Waals surface area contributed by atoms with Crippen molar-refractivity contribution in [2.45, 2.75) is 47.2 Å². The van der Waals surface area contributed by atoms with Gasteiger partial charge in [0.2, 0.25) is 0 Å². The van der Waals surface area contributed by atoms with Crippen LogP contribution in [0, 0.1) is 12.3 Å². The SMILES string of the molecule is Cc1cc(-c2nccc3c2O[Si](C)(C)c2cc(CC(C)(C)C)ccc2-3)cc2ccccc12. The Morgan fingerprint density at radius 3 is 2.47 bits per heavy atom. The van der Waals surface area contributed by atoms with E-state index in [0.717, 1.165) is 29.0 Å². The van der Waals surface area contributed by atoms with Gasteiger partial charge in [0.25, 0.3) is 8.32 Å². The highest BCUT2D eigenvalue weighted by molar-refractivity contribution is 6.86. The van der Waals surface area contributed by atoms with E-state index in [-0.39, 0.29) is 5.41 Å². The monoisotopic (exact) mass is 437 g/mol. The van der Waals surface area contributed by atoms with Gasteiger partial charge in [-0.3, -0.25) is 4.98 Å². The van der Waals surface area contributed by atoms with Crippen molar-refractivity contribution >= 4 is 24.3 Å². The van der Waals surface area contributed by atoms with E-state index in [1.54, 1.807) is 0 Å². The topological polar surface area (TPSA) is 22.1 Å². The first kappa shape index (κ1) is 21.0. The Bertz CT molecular complexity index is 1350. The van der Waals surface area contributed by atoms with Gasteiger partial charge in [-0.2, -0.15) is 0 Å². The molecule has 0 saturated heterocycles. The molecule has 0 aliphatic carbocycles. The summed E-state index contributed by atoms with van der Waals surface area (Å²) in [6.07, 6.45) is 2.99. The highest BCUT2D eigenvalue weighted by Crippen LogP contribution is 2.43. The molecule has 162 valence electrons. The number of fused-ring (bicyclic) bond motifs is 4. The molecule has 4 aromatic rings. The molecule has 5 rings (SSSR count). The highest BCUT2D eigenvalue weighted by Gasteiger charge is 2.37. The predicted molar refractivity (Wildman–Crippen MR) is 138 cm³/mol. The Kier molecular flexibility index (Phi) is 4.79. The number of hydrogen-bond donors (Lipinski definition) is 0. The zero-order chi connectivity index (χ0) is 22.7. The molecule has 2 heterocycles. The maximum absolute atomic E-state index is 6.84. The van der Waals surface area contributed by atoms with Crippen molar-refractivity contribution in [3.63, 3.8) is 0 Å². The summed E-state index contributed by atoms with van der Waals surface area (Å²) in [4.78, 5) is 4.81. The summed E-state index contributed by atoms with van der Waals surface area (Å²) in [5.74, 6) is 0.940. The lowest BCUT2D eigenvalue weighted by molar-refractivity contribution is 0.411. The third kappa shape index (κ3) is 3.65. The fourth-order valence-electron chi connectivity index (χ4n) is 4.97. The quantitative estimate of drug-likeness (QED) is 0.308. The molecule has 0 fully saturated rings. The highest BCUT2D eigenvalue weighted by atomic mass is 28.4. The summed E-state index contributed by atoms with van der Waals surface area (Å²) >= 11 is 0. The maximum Gasteiger partial charge on any atom is 0.277 e. The van der Waals surface area contributed by atoms with Gasteiger partial charge in [0.05, 0.1) is 0 Å². The molecule has 1 aliphatic rings. The van der Waals surface area contributed by atoms with Crippen molar-refractivity contribution in [1.29, 1.82) is 0 Å². The van der Waals surface area contributed by atoms with Crippen LogP contribution in [0.5, 0.6) is 5.75 Å². The minimum Gasteiger partial charge on any atom is -0.538 e. The third-order valence-corrected chi connectivity index (χ3v) is 8.79. The van der Waals surface area contributed by atoms with Crippen LogP contribution >= 0.6 is 0 Å². The summed E-state index contributed by atoms with van der Waals surface area (Å²) in [7, 11) is -2.14. The Hall–Kier alpha value is -2.91. The van der Waals surface area contributed by atoms with Crippen LogP contribution < -0.4 is 9.61 Å². The second-order valence-corrected chi connectivity index (χ2v) is 14.5. The minimum atomic E-state index is -2.14. The van der Waals surface area contributed by atoms with Gasteiger partial charge in [0, 0.05) is 17.3 Å². The average Bonchev–Trinajstić information content (AvgIpc) is 2.72. The molecule has 32 heavy (non-hydrogen) atoms. The number of aromatic nitrogens is 1. The van der Waals surface area contributed by atoms with Crippen LogP contribution in [-0.4, -0.2) is 13.3 Å². The molecule has 3 aromatic carbocycles. The van der Waals surface area contributed by atoms with Gasteiger partial charge in [-0.05, 0) is 82.7 Å². The minimum absolute atomic E-state index is 0.262. The van der Waals surface area contributed by atoms with E-state index in [0.29, 0.717) is 0 Å². The second kappa shape index (κ2) is 7.31. The van der Waals surface area contributed by atoms with E-state index < -0.39 is 8.32 Å². The van der Waals surface area contributed by atoms with Gasteiger partial charge in [0.15, 0.2) is 0 Å². The molecule has 1 aliphatic heterocycles. The summed E-state index contributed by atoms with van der Waals surface area (Å²) in [5.41, 5.74) is 7.45. The smallest absolute Gasteiger partial charge is 0.277 e. The number of nitrogens with zero attached hydrogens (tertiary/aromatic N) is 1. The Morgan fingerprint density at radius 2 is 1.69 bits per heavy atom. The van der Waals surface area contributed by atoms with E-state index in [1.165, 1.54) is 32.6 Å². The van der Waals surface area contributed by atoms with Crippen molar-refractivity contribution in [2.75, 3.05) is 0 Å². The fourth-order valence-corrected chi connectivity index (χ4v) is 7.19. The van der Waals surface area contributed by atoms with Crippen LogP contribution in [0.4, 0.5) is 0 Å². The molecule has 2 nitrogen and oxygen atoms in total. The fraction of sp³-hybridized carbons (Fsp3) is 0.276. The van der Waals surface area contributed by atoms with E-state index in [2.05, 4.69) is 101 Å². The molecule has 3 heteroatoms. The van der Waals surface area contributed by atoms with Crippen LogP contribution in [0.25, 0.3) is 33.2 Å². The van der Waals surface area contributed by atoms with Crippen LogP contribution in [0.3, 0.4) is 0 Å². The molecular weight excluding hydrogens is 406 g/mol. The van der Waals surface area contributed by atoms with Crippen molar-refractivity contribution in [1.82, 2.24) is 4.98 Å². The first-order chi connectivity index (χ1) is 15.1. The first-order valence-corrected chi connectivity index (χ1v) is 14.3. The normalized spacial score (nSPS) is 14.6. The number of rotatable bonds is 2. The van der Waals surface area contributed by atoms with E-state index >= 15 is 0 Å². The zero-order valence-corrected chi connectivity index (χ0v) is 20.9. The van der Waals surface area contributed by atoms with Gasteiger partial charge in [-0.1, -0.05) is 63.2 Å². The second-order valence-electron chi connectivity index (χ2n) is 10.8. The molecule has 0 N–H and O–H groups in total. The van der Waals surface area contributed by atoms with Crippen molar-refractivity contribution < 1.29 is 4.43 Å². The van der Waals surface area contributed by atoms with Crippen LogP contribution in [0.15, 0.2) is 66.9 Å². The summed E-state index contributed by atoms with van der Waals surface area (Å²) < 4.78 is 6.84.